The highest BCUT2D eigenvalue weighted by Gasteiger charge is 2.07. The van der Waals surface area contributed by atoms with Gasteiger partial charge in [0.05, 0.1) is 15.1 Å². The average Bonchev–Trinajstić information content (AvgIpc) is 2.91. The van der Waals surface area contributed by atoms with Gasteiger partial charge in [-0.25, -0.2) is 4.98 Å². The van der Waals surface area contributed by atoms with Crippen molar-refractivity contribution >= 4 is 51.0 Å². The Morgan fingerprint density at radius 1 is 1.19 bits per heavy atom. The molecule has 3 rings (SSSR count). The molecular weight excluding hydrogens is 320 g/mol. The highest BCUT2D eigenvalue weighted by Crippen LogP contribution is 2.34. The third-order valence-corrected chi connectivity index (χ3v) is 5.14. The molecule has 0 atom stereocenters. The topological polar surface area (TPSA) is 36.7 Å². The number of fused-ring (bicyclic) bond motifs is 1. The molecule has 2 nitrogen and oxygen atoms in total. The number of thiazole rings is 1. The van der Waals surface area contributed by atoms with Crippen molar-refractivity contribution < 1.29 is 0 Å². The van der Waals surface area contributed by atoms with Crippen molar-refractivity contribution in [3.05, 3.63) is 64.0 Å². The van der Waals surface area contributed by atoms with Crippen LogP contribution in [0.5, 0.6) is 0 Å². The number of thioether (sulfide) groups is 1. The second-order valence-corrected chi connectivity index (χ2v) is 6.92. The molecule has 21 heavy (non-hydrogen) atoms. The van der Waals surface area contributed by atoms with Crippen LogP contribution in [0.4, 0.5) is 0 Å². The van der Waals surface area contributed by atoms with Crippen LogP contribution in [0.15, 0.2) is 57.8 Å². The largest absolute Gasteiger partial charge is 0.229 e. The number of aromatic nitrogens is 1. The van der Waals surface area contributed by atoms with E-state index in [2.05, 4.69) is 11.1 Å². The molecule has 1 heterocycles. The average molecular weight is 329 g/mol. The van der Waals surface area contributed by atoms with E-state index in [1.54, 1.807) is 17.4 Å². The van der Waals surface area contributed by atoms with Gasteiger partial charge in [-0.05, 0) is 41.6 Å². The molecule has 0 fully saturated rings. The molecule has 0 N–H and O–H groups in total. The second kappa shape index (κ2) is 6.31. The van der Waals surface area contributed by atoms with Gasteiger partial charge in [0.2, 0.25) is 0 Å². The minimum Gasteiger partial charge on any atom is -0.229 e. The number of benzene rings is 2. The molecule has 0 radical (unpaired) electrons. The van der Waals surface area contributed by atoms with E-state index in [1.807, 2.05) is 48.5 Å². The molecule has 0 unspecified atom stereocenters. The molecule has 0 aliphatic rings. The molecule has 1 aromatic heterocycles. The first-order valence-corrected chi connectivity index (χ1v) is 8.17. The van der Waals surface area contributed by atoms with E-state index in [4.69, 9.17) is 11.6 Å². The van der Waals surface area contributed by atoms with Crippen LogP contribution in [-0.2, 0) is 0 Å². The first-order chi connectivity index (χ1) is 10.3. The monoisotopic (exact) mass is 328 g/mol. The van der Waals surface area contributed by atoms with Crippen molar-refractivity contribution in [3.8, 4) is 6.07 Å². The molecule has 0 amide bonds. The van der Waals surface area contributed by atoms with Gasteiger partial charge in [-0.1, -0.05) is 41.9 Å². The second-order valence-electron chi connectivity index (χ2n) is 4.19. The summed E-state index contributed by atoms with van der Waals surface area (Å²) < 4.78 is 1.98. The number of hydrogen-bond acceptors (Lipinski definition) is 4. The maximum atomic E-state index is 9.31. The van der Waals surface area contributed by atoms with Crippen molar-refractivity contribution in [1.29, 1.82) is 5.26 Å². The van der Waals surface area contributed by atoms with Gasteiger partial charge in [0, 0.05) is 5.02 Å². The van der Waals surface area contributed by atoms with Crippen LogP contribution in [0.3, 0.4) is 0 Å². The summed E-state index contributed by atoms with van der Waals surface area (Å²) in [7, 11) is 0. The number of halogens is 1. The van der Waals surface area contributed by atoms with Crippen LogP contribution >= 0.6 is 34.7 Å². The van der Waals surface area contributed by atoms with E-state index < -0.39 is 0 Å². The molecule has 5 heteroatoms. The fraction of sp³-hybridized carbons (Fsp3) is 0. The smallest absolute Gasteiger partial charge is 0.156 e. The third kappa shape index (κ3) is 3.27. The summed E-state index contributed by atoms with van der Waals surface area (Å²) in [5, 5.41) is 9.94. The predicted molar refractivity (Wildman–Crippen MR) is 90.5 cm³/mol. The molecule has 0 bridgehead atoms. The Morgan fingerprint density at radius 3 is 2.71 bits per heavy atom. The number of nitriles is 1. The summed E-state index contributed by atoms with van der Waals surface area (Å²) in [6, 6.07) is 17.6. The molecule has 102 valence electrons. The maximum Gasteiger partial charge on any atom is 0.156 e. The number of hydrogen-bond donors (Lipinski definition) is 0. The molecule has 0 aliphatic heterocycles. The summed E-state index contributed by atoms with van der Waals surface area (Å²) >= 11 is 9.07. The van der Waals surface area contributed by atoms with Gasteiger partial charge < -0.3 is 0 Å². The van der Waals surface area contributed by atoms with Gasteiger partial charge in [0.15, 0.2) is 4.34 Å². The standard InChI is InChI=1S/C16H9ClN2S2/c17-13-6-2-1-5-11(13)9-12(10-18)20-16-19-14-7-3-4-8-15(14)21-16/h1-9H/b12-9+. The van der Waals surface area contributed by atoms with E-state index in [0.29, 0.717) is 9.93 Å². The Bertz CT molecular complexity index is 829. The van der Waals surface area contributed by atoms with Crippen LogP contribution in [0.25, 0.3) is 16.3 Å². The van der Waals surface area contributed by atoms with Gasteiger partial charge in [-0.15, -0.1) is 11.3 Å². The van der Waals surface area contributed by atoms with Crippen molar-refractivity contribution in [1.82, 2.24) is 4.98 Å². The first-order valence-electron chi connectivity index (χ1n) is 6.16. The van der Waals surface area contributed by atoms with Crippen LogP contribution in [0.1, 0.15) is 5.56 Å². The van der Waals surface area contributed by atoms with E-state index in [-0.39, 0.29) is 0 Å². The highest BCUT2D eigenvalue weighted by atomic mass is 35.5. The zero-order chi connectivity index (χ0) is 14.7. The Balaban J connectivity index is 1.91. The molecule has 0 saturated carbocycles. The lowest BCUT2D eigenvalue weighted by Gasteiger charge is -1.98. The molecule has 0 saturated heterocycles. The Labute approximate surface area is 135 Å². The molecule has 0 spiro atoms. The fourth-order valence-corrected chi connectivity index (χ4v) is 3.96. The minimum absolute atomic E-state index is 0.571. The Hall–Kier alpha value is -1.80. The van der Waals surface area contributed by atoms with E-state index in [9.17, 15) is 5.26 Å². The van der Waals surface area contributed by atoms with E-state index in [1.165, 1.54) is 11.8 Å². The SMILES string of the molecule is N#C/C(=C\c1ccccc1Cl)Sc1nc2ccccc2s1. The van der Waals surface area contributed by atoms with Crippen LogP contribution in [0, 0.1) is 11.3 Å². The summed E-state index contributed by atoms with van der Waals surface area (Å²) in [4.78, 5) is 5.09. The lowest BCUT2D eigenvalue weighted by molar-refractivity contribution is 1.31. The Morgan fingerprint density at radius 2 is 1.95 bits per heavy atom. The van der Waals surface area contributed by atoms with Crippen molar-refractivity contribution in [2.24, 2.45) is 0 Å². The minimum atomic E-state index is 0.571. The zero-order valence-corrected chi connectivity index (χ0v) is 13.2. The predicted octanol–water partition coefficient (Wildman–Crippen LogP) is 5.61. The summed E-state index contributed by atoms with van der Waals surface area (Å²) in [5.41, 5.74) is 1.80. The number of nitrogens with zero attached hydrogens (tertiary/aromatic N) is 2. The third-order valence-electron chi connectivity index (χ3n) is 2.77. The van der Waals surface area contributed by atoms with E-state index in [0.717, 1.165) is 20.1 Å². The number of allylic oxidation sites excluding steroid dienone is 1. The molecular formula is C16H9ClN2S2. The van der Waals surface area contributed by atoms with Crippen molar-refractivity contribution in [2.45, 2.75) is 4.34 Å². The van der Waals surface area contributed by atoms with Crippen LogP contribution in [0.2, 0.25) is 5.02 Å². The van der Waals surface area contributed by atoms with Gasteiger partial charge in [-0.3, -0.25) is 0 Å². The maximum absolute atomic E-state index is 9.31. The highest BCUT2D eigenvalue weighted by molar-refractivity contribution is 8.05. The lowest BCUT2D eigenvalue weighted by atomic mass is 10.2. The number of rotatable bonds is 3. The Kier molecular flexibility index (Phi) is 4.26. The van der Waals surface area contributed by atoms with Gasteiger partial charge in [0.1, 0.15) is 6.07 Å². The first kappa shape index (κ1) is 14.2. The van der Waals surface area contributed by atoms with Crippen molar-refractivity contribution in [2.75, 3.05) is 0 Å². The zero-order valence-electron chi connectivity index (χ0n) is 10.8. The lowest BCUT2D eigenvalue weighted by Crippen LogP contribution is -1.77. The van der Waals surface area contributed by atoms with Gasteiger partial charge in [-0.2, -0.15) is 5.26 Å². The number of para-hydroxylation sites is 1. The molecule has 3 aromatic rings. The summed E-state index contributed by atoms with van der Waals surface area (Å²) in [6.07, 6.45) is 1.79. The summed E-state index contributed by atoms with van der Waals surface area (Å²) in [5.74, 6) is 0. The van der Waals surface area contributed by atoms with Crippen LogP contribution < -0.4 is 0 Å². The molecule has 0 aliphatic carbocycles. The van der Waals surface area contributed by atoms with Gasteiger partial charge in [0.25, 0.3) is 0 Å². The van der Waals surface area contributed by atoms with Crippen LogP contribution in [-0.4, -0.2) is 4.98 Å². The summed E-state index contributed by atoms with van der Waals surface area (Å²) in [6.45, 7) is 0. The quantitative estimate of drug-likeness (QED) is 0.463. The molecule has 2 aromatic carbocycles. The van der Waals surface area contributed by atoms with E-state index >= 15 is 0 Å². The fourth-order valence-electron chi connectivity index (χ4n) is 1.81. The van der Waals surface area contributed by atoms with Crippen molar-refractivity contribution in [3.63, 3.8) is 0 Å². The normalized spacial score (nSPS) is 11.5. The van der Waals surface area contributed by atoms with Gasteiger partial charge >= 0.3 is 0 Å².